The molecule has 0 spiro atoms. The van der Waals surface area contributed by atoms with Crippen LogP contribution in [0.3, 0.4) is 0 Å². The molecule has 0 saturated carbocycles. The van der Waals surface area contributed by atoms with Crippen LogP contribution in [0.15, 0.2) is 30.3 Å². The van der Waals surface area contributed by atoms with E-state index in [0.717, 1.165) is 32.7 Å². The molecule has 19 heavy (non-hydrogen) atoms. The van der Waals surface area contributed by atoms with Crippen LogP contribution in [-0.2, 0) is 6.54 Å². The average molecular weight is 262 g/mol. The van der Waals surface area contributed by atoms with Crippen LogP contribution in [0.1, 0.15) is 25.3 Å². The molecule has 3 nitrogen and oxygen atoms in total. The fraction of sp³-hybridized carbons (Fsp3) is 0.625. The van der Waals surface area contributed by atoms with Gasteiger partial charge in [0, 0.05) is 25.7 Å². The van der Waals surface area contributed by atoms with Crippen molar-refractivity contribution < 1.29 is 5.11 Å². The normalized spacial score (nSPS) is 20.9. The van der Waals surface area contributed by atoms with Crippen LogP contribution in [-0.4, -0.2) is 53.7 Å². The molecule has 0 aliphatic carbocycles. The Kier molecular flexibility index (Phi) is 5.83. The molecule has 1 saturated heterocycles. The van der Waals surface area contributed by atoms with Crippen LogP contribution in [0, 0.1) is 0 Å². The maximum atomic E-state index is 9.08. The van der Waals surface area contributed by atoms with Crippen molar-refractivity contribution in [1.29, 1.82) is 0 Å². The zero-order valence-corrected chi connectivity index (χ0v) is 12.0. The highest BCUT2D eigenvalue weighted by Crippen LogP contribution is 2.18. The van der Waals surface area contributed by atoms with Crippen molar-refractivity contribution in [2.24, 2.45) is 0 Å². The number of benzene rings is 1. The van der Waals surface area contributed by atoms with Gasteiger partial charge in [0.05, 0.1) is 6.61 Å². The standard InChI is InChI=1S/C16H26N2O/c1-2-18(13-15-7-4-3-5-8-15)16-9-6-10-17(14-16)11-12-19/h3-5,7-8,16,19H,2,6,9-14H2,1H3. The van der Waals surface area contributed by atoms with E-state index >= 15 is 0 Å². The van der Waals surface area contributed by atoms with Gasteiger partial charge >= 0.3 is 0 Å². The number of rotatable bonds is 6. The lowest BCUT2D eigenvalue weighted by molar-refractivity contribution is 0.0838. The highest BCUT2D eigenvalue weighted by Gasteiger charge is 2.24. The van der Waals surface area contributed by atoms with Gasteiger partial charge in [0.2, 0.25) is 0 Å². The Morgan fingerprint density at radius 2 is 2.11 bits per heavy atom. The maximum absolute atomic E-state index is 9.08. The van der Waals surface area contributed by atoms with Crippen LogP contribution in [0.25, 0.3) is 0 Å². The van der Waals surface area contributed by atoms with Crippen molar-refractivity contribution in [3.8, 4) is 0 Å². The minimum Gasteiger partial charge on any atom is -0.395 e. The second-order valence-electron chi connectivity index (χ2n) is 5.37. The molecule has 1 aromatic rings. The van der Waals surface area contributed by atoms with Crippen molar-refractivity contribution in [3.05, 3.63) is 35.9 Å². The molecule has 1 N–H and O–H groups in total. The molecule has 106 valence electrons. The van der Waals surface area contributed by atoms with Crippen LogP contribution >= 0.6 is 0 Å². The van der Waals surface area contributed by atoms with E-state index in [9.17, 15) is 0 Å². The highest BCUT2D eigenvalue weighted by atomic mass is 16.3. The molecular weight excluding hydrogens is 236 g/mol. The van der Waals surface area contributed by atoms with Crippen molar-refractivity contribution in [2.75, 3.05) is 32.8 Å². The third kappa shape index (κ3) is 4.30. The summed E-state index contributed by atoms with van der Waals surface area (Å²) < 4.78 is 0. The first-order valence-corrected chi connectivity index (χ1v) is 7.44. The minimum absolute atomic E-state index is 0.275. The summed E-state index contributed by atoms with van der Waals surface area (Å²) in [6, 6.07) is 11.3. The van der Waals surface area contributed by atoms with E-state index in [0.29, 0.717) is 6.04 Å². The predicted octanol–water partition coefficient (Wildman–Crippen LogP) is 1.97. The molecule has 1 aliphatic rings. The molecule has 0 bridgehead atoms. The van der Waals surface area contributed by atoms with Crippen LogP contribution in [0.4, 0.5) is 0 Å². The third-order valence-electron chi connectivity index (χ3n) is 4.05. The topological polar surface area (TPSA) is 26.7 Å². The van der Waals surface area contributed by atoms with Gasteiger partial charge in [0.15, 0.2) is 0 Å². The Bertz CT molecular complexity index is 353. The molecule has 3 heteroatoms. The van der Waals surface area contributed by atoms with Gasteiger partial charge in [-0.3, -0.25) is 9.80 Å². The lowest BCUT2D eigenvalue weighted by Crippen LogP contribution is -2.48. The molecular formula is C16H26N2O. The van der Waals surface area contributed by atoms with Crippen molar-refractivity contribution >= 4 is 0 Å². The van der Waals surface area contributed by atoms with E-state index in [1.807, 2.05) is 0 Å². The number of nitrogens with zero attached hydrogens (tertiary/aromatic N) is 2. The second-order valence-corrected chi connectivity index (χ2v) is 5.37. The molecule has 0 aromatic heterocycles. The van der Waals surface area contributed by atoms with Crippen LogP contribution in [0.5, 0.6) is 0 Å². The molecule has 1 atom stereocenters. The molecule has 1 aromatic carbocycles. The molecule has 1 fully saturated rings. The minimum atomic E-state index is 0.275. The van der Waals surface area contributed by atoms with Gasteiger partial charge in [-0.15, -0.1) is 0 Å². The summed E-state index contributed by atoms with van der Waals surface area (Å²) in [7, 11) is 0. The van der Waals surface area contributed by atoms with E-state index in [1.54, 1.807) is 0 Å². The summed E-state index contributed by atoms with van der Waals surface area (Å²) in [5, 5.41) is 9.08. The SMILES string of the molecule is CCN(Cc1ccccc1)C1CCCN(CCO)C1. The Morgan fingerprint density at radius 3 is 2.79 bits per heavy atom. The first-order chi connectivity index (χ1) is 9.33. The summed E-state index contributed by atoms with van der Waals surface area (Å²) in [6.45, 7) is 7.70. The molecule has 1 unspecified atom stereocenters. The number of aliphatic hydroxyl groups excluding tert-OH is 1. The first-order valence-electron chi connectivity index (χ1n) is 7.44. The van der Waals surface area contributed by atoms with E-state index in [1.165, 1.54) is 18.4 Å². The zero-order chi connectivity index (χ0) is 13.5. The first kappa shape index (κ1) is 14.5. The summed E-state index contributed by atoms with van der Waals surface area (Å²) in [5.41, 5.74) is 1.39. The van der Waals surface area contributed by atoms with Crippen molar-refractivity contribution in [1.82, 2.24) is 9.80 Å². The quantitative estimate of drug-likeness (QED) is 0.849. The number of hydrogen-bond acceptors (Lipinski definition) is 3. The molecule has 2 rings (SSSR count). The number of hydrogen-bond donors (Lipinski definition) is 1. The summed E-state index contributed by atoms with van der Waals surface area (Å²) in [5.74, 6) is 0. The maximum Gasteiger partial charge on any atom is 0.0558 e. The Balaban J connectivity index is 1.93. The monoisotopic (exact) mass is 262 g/mol. The molecule has 1 heterocycles. The van der Waals surface area contributed by atoms with E-state index < -0.39 is 0 Å². The van der Waals surface area contributed by atoms with Crippen LogP contribution < -0.4 is 0 Å². The van der Waals surface area contributed by atoms with Crippen molar-refractivity contribution in [3.63, 3.8) is 0 Å². The predicted molar refractivity (Wildman–Crippen MR) is 79.1 cm³/mol. The van der Waals surface area contributed by atoms with E-state index in [2.05, 4.69) is 47.1 Å². The third-order valence-corrected chi connectivity index (χ3v) is 4.05. The zero-order valence-electron chi connectivity index (χ0n) is 12.0. The van der Waals surface area contributed by atoms with Gasteiger partial charge in [-0.05, 0) is 31.5 Å². The summed E-state index contributed by atoms with van der Waals surface area (Å²) in [6.07, 6.45) is 2.53. The number of aliphatic hydroxyl groups is 1. The Morgan fingerprint density at radius 1 is 1.32 bits per heavy atom. The Labute approximate surface area is 116 Å². The number of β-amino-alcohol motifs (C(OH)–C–C–N with tert-alkyl or cyclic N) is 1. The van der Waals surface area contributed by atoms with Gasteiger partial charge in [-0.2, -0.15) is 0 Å². The number of piperidine rings is 1. The van der Waals surface area contributed by atoms with Gasteiger partial charge in [0.1, 0.15) is 0 Å². The summed E-state index contributed by atoms with van der Waals surface area (Å²) >= 11 is 0. The number of likely N-dealkylation sites (tertiary alicyclic amines) is 1. The Hall–Kier alpha value is -0.900. The molecule has 1 aliphatic heterocycles. The fourth-order valence-corrected chi connectivity index (χ4v) is 2.99. The van der Waals surface area contributed by atoms with Crippen molar-refractivity contribution in [2.45, 2.75) is 32.4 Å². The van der Waals surface area contributed by atoms with Gasteiger partial charge < -0.3 is 5.11 Å². The van der Waals surface area contributed by atoms with E-state index in [4.69, 9.17) is 5.11 Å². The van der Waals surface area contributed by atoms with Gasteiger partial charge in [-0.25, -0.2) is 0 Å². The lowest BCUT2D eigenvalue weighted by Gasteiger charge is -2.39. The second kappa shape index (κ2) is 7.63. The smallest absolute Gasteiger partial charge is 0.0558 e. The largest absolute Gasteiger partial charge is 0.395 e. The van der Waals surface area contributed by atoms with Gasteiger partial charge in [0.25, 0.3) is 0 Å². The molecule has 0 radical (unpaired) electrons. The van der Waals surface area contributed by atoms with Gasteiger partial charge in [-0.1, -0.05) is 37.3 Å². The molecule has 0 amide bonds. The highest BCUT2D eigenvalue weighted by molar-refractivity contribution is 5.14. The lowest BCUT2D eigenvalue weighted by atomic mass is 10.0. The fourth-order valence-electron chi connectivity index (χ4n) is 2.99. The average Bonchev–Trinajstić information content (AvgIpc) is 2.46. The van der Waals surface area contributed by atoms with Crippen LogP contribution in [0.2, 0.25) is 0 Å². The summed E-state index contributed by atoms with van der Waals surface area (Å²) in [4.78, 5) is 4.96. The number of likely N-dealkylation sites (N-methyl/N-ethyl adjacent to an activating group) is 1. The van der Waals surface area contributed by atoms with E-state index in [-0.39, 0.29) is 6.61 Å².